The molecule has 28 heavy (non-hydrogen) atoms. The largest absolute Gasteiger partial charge is 0.486 e. The third-order valence-corrected chi connectivity index (χ3v) is 5.34. The fourth-order valence-electron chi connectivity index (χ4n) is 2.99. The summed E-state index contributed by atoms with van der Waals surface area (Å²) in [5.41, 5.74) is 2.97. The molecule has 1 N–H and O–H groups in total. The first kappa shape index (κ1) is 18.3. The first-order valence-electron chi connectivity index (χ1n) is 9.12. The number of imidazole rings is 1. The summed E-state index contributed by atoms with van der Waals surface area (Å²) >= 11 is 1.63. The van der Waals surface area contributed by atoms with Crippen molar-refractivity contribution in [2.75, 3.05) is 0 Å². The van der Waals surface area contributed by atoms with E-state index in [1.165, 1.54) is 5.56 Å². The van der Waals surface area contributed by atoms with Gasteiger partial charge in [-0.2, -0.15) is 0 Å². The Morgan fingerprint density at radius 1 is 1.11 bits per heavy atom. The first-order valence-corrected chi connectivity index (χ1v) is 10.00. The van der Waals surface area contributed by atoms with Crippen molar-refractivity contribution < 1.29 is 9.53 Å². The lowest BCUT2D eigenvalue weighted by molar-refractivity contribution is -0.121. The van der Waals surface area contributed by atoms with Crippen LogP contribution >= 0.6 is 11.3 Å². The molecule has 142 valence electrons. The number of benzene rings is 2. The second kappa shape index (κ2) is 8.27. The summed E-state index contributed by atoms with van der Waals surface area (Å²) in [7, 11) is 0. The molecule has 0 saturated carbocycles. The Labute approximate surface area is 167 Å². The van der Waals surface area contributed by atoms with Gasteiger partial charge in [0.25, 0.3) is 0 Å². The maximum Gasteiger partial charge on any atom is 0.240 e. The number of aromatic nitrogens is 2. The number of ether oxygens (including phenoxy) is 1. The number of carbonyl (C=O) groups is 1. The smallest absolute Gasteiger partial charge is 0.240 e. The number of nitrogens with one attached hydrogen (secondary N) is 1. The molecular formula is C22H21N3O2S. The number of amides is 1. The van der Waals surface area contributed by atoms with Gasteiger partial charge >= 0.3 is 0 Å². The van der Waals surface area contributed by atoms with Gasteiger partial charge in [-0.1, -0.05) is 35.9 Å². The maximum atomic E-state index is 12.5. The molecule has 0 saturated heterocycles. The lowest BCUT2D eigenvalue weighted by Crippen LogP contribution is -2.27. The molecule has 0 fully saturated rings. The second-order valence-electron chi connectivity index (χ2n) is 6.56. The fourth-order valence-corrected chi connectivity index (χ4v) is 3.64. The minimum absolute atomic E-state index is 0.0480. The van der Waals surface area contributed by atoms with Crippen LogP contribution in [0.4, 0.5) is 0 Å². The molecule has 0 spiro atoms. The van der Waals surface area contributed by atoms with Gasteiger partial charge in [0, 0.05) is 4.88 Å². The highest BCUT2D eigenvalue weighted by Gasteiger charge is 2.14. The summed E-state index contributed by atoms with van der Waals surface area (Å²) in [4.78, 5) is 18.3. The van der Waals surface area contributed by atoms with Crippen molar-refractivity contribution >= 4 is 28.3 Å². The van der Waals surface area contributed by atoms with Crippen LogP contribution in [-0.4, -0.2) is 15.5 Å². The average Bonchev–Trinajstić information content (AvgIpc) is 3.34. The molecule has 1 amide bonds. The molecule has 5 nitrogen and oxygen atoms in total. The fraction of sp³-hybridized carbons (Fsp3) is 0.182. The van der Waals surface area contributed by atoms with Crippen molar-refractivity contribution in [2.24, 2.45) is 0 Å². The Balaban J connectivity index is 1.51. The molecule has 0 radical (unpaired) electrons. The molecule has 0 bridgehead atoms. The van der Waals surface area contributed by atoms with Gasteiger partial charge in [-0.15, -0.1) is 11.3 Å². The number of hydrogen-bond donors (Lipinski definition) is 1. The molecule has 2 aromatic heterocycles. The number of rotatable bonds is 7. The van der Waals surface area contributed by atoms with Crippen LogP contribution in [0.3, 0.4) is 0 Å². The van der Waals surface area contributed by atoms with Crippen molar-refractivity contribution in [1.82, 2.24) is 14.9 Å². The van der Waals surface area contributed by atoms with Crippen molar-refractivity contribution in [3.05, 3.63) is 82.3 Å². The summed E-state index contributed by atoms with van der Waals surface area (Å²) in [6.07, 6.45) is 0. The highest BCUT2D eigenvalue weighted by Crippen LogP contribution is 2.19. The predicted molar refractivity (Wildman–Crippen MR) is 111 cm³/mol. The third-order valence-electron chi connectivity index (χ3n) is 4.46. The quantitative estimate of drug-likeness (QED) is 0.511. The molecule has 0 atom stereocenters. The number of thiophene rings is 1. The average molecular weight is 391 g/mol. The Morgan fingerprint density at radius 3 is 2.71 bits per heavy atom. The zero-order valence-electron chi connectivity index (χ0n) is 15.6. The molecule has 0 aliphatic carbocycles. The van der Waals surface area contributed by atoms with E-state index in [2.05, 4.69) is 10.3 Å². The van der Waals surface area contributed by atoms with Gasteiger partial charge < -0.3 is 14.6 Å². The van der Waals surface area contributed by atoms with Crippen LogP contribution in [0.25, 0.3) is 11.0 Å². The minimum atomic E-state index is -0.0480. The van der Waals surface area contributed by atoms with E-state index in [1.807, 2.05) is 77.5 Å². The second-order valence-corrected chi connectivity index (χ2v) is 7.59. The summed E-state index contributed by atoms with van der Waals surface area (Å²) < 4.78 is 7.83. The van der Waals surface area contributed by atoms with E-state index < -0.39 is 0 Å². The van der Waals surface area contributed by atoms with E-state index >= 15 is 0 Å². The van der Waals surface area contributed by atoms with Gasteiger partial charge in [0.1, 0.15) is 24.7 Å². The van der Waals surface area contributed by atoms with Crippen LogP contribution in [0.15, 0.2) is 66.0 Å². The van der Waals surface area contributed by atoms with Gasteiger partial charge in [0.05, 0.1) is 17.6 Å². The Hall–Kier alpha value is -3.12. The highest BCUT2D eigenvalue weighted by atomic mass is 32.1. The minimum Gasteiger partial charge on any atom is -0.486 e. The van der Waals surface area contributed by atoms with E-state index in [-0.39, 0.29) is 12.5 Å². The summed E-state index contributed by atoms with van der Waals surface area (Å²) in [5, 5.41) is 4.98. The van der Waals surface area contributed by atoms with Crippen molar-refractivity contribution in [2.45, 2.75) is 26.6 Å². The van der Waals surface area contributed by atoms with Gasteiger partial charge in [-0.25, -0.2) is 4.98 Å². The number of para-hydroxylation sites is 2. The number of carbonyl (C=O) groups excluding carboxylic acids is 1. The summed E-state index contributed by atoms with van der Waals surface area (Å²) in [6, 6.07) is 19.7. The topological polar surface area (TPSA) is 56.2 Å². The predicted octanol–water partition coefficient (Wildman–Crippen LogP) is 4.30. The standard InChI is InChI=1S/C22H21N3O2S/c1-16-8-10-17(11-9-16)27-15-21-24-19-6-2-3-7-20(19)25(21)14-22(26)23-13-18-5-4-12-28-18/h2-12H,13-15H2,1H3,(H,23,26). The lowest BCUT2D eigenvalue weighted by Gasteiger charge is -2.11. The van der Waals surface area contributed by atoms with Gasteiger partial charge in [-0.3, -0.25) is 4.79 Å². The summed E-state index contributed by atoms with van der Waals surface area (Å²) in [6.45, 7) is 3.09. The molecule has 2 aromatic carbocycles. The number of nitrogens with zero attached hydrogens (tertiary/aromatic N) is 2. The van der Waals surface area contributed by atoms with E-state index in [9.17, 15) is 4.79 Å². The van der Waals surface area contributed by atoms with Gasteiger partial charge in [0.15, 0.2) is 0 Å². The highest BCUT2D eigenvalue weighted by molar-refractivity contribution is 7.09. The molecule has 0 aliphatic rings. The van der Waals surface area contributed by atoms with Crippen LogP contribution < -0.4 is 10.1 Å². The van der Waals surface area contributed by atoms with Crippen LogP contribution in [0.1, 0.15) is 16.3 Å². The lowest BCUT2D eigenvalue weighted by atomic mass is 10.2. The molecule has 0 aliphatic heterocycles. The Kier molecular flexibility index (Phi) is 5.39. The molecule has 2 heterocycles. The zero-order chi connectivity index (χ0) is 19.3. The third kappa shape index (κ3) is 4.23. The molecule has 0 unspecified atom stereocenters. The van der Waals surface area contributed by atoms with Crippen molar-refractivity contribution in [3.63, 3.8) is 0 Å². The van der Waals surface area contributed by atoms with E-state index in [0.717, 1.165) is 27.5 Å². The van der Waals surface area contributed by atoms with Gasteiger partial charge in [-0.05, 0) is 42.6 Å². The Bertz CT molecular complexity index is 1070. The Morgan fingerprint density at radius 2 is 1.93 bits per heavy atom. The molecule has 6 heteroatoms. The molecule has 4 aromatic rings. The molecular weight excluding hydrogens is 370 g/mol. The zero-order valence-corrected chi connectivity index (χ0v) is 16.4. The van der Waals surface area contributed by atoms with Crippen LogP contribution in [0.2, 0.25) is 0 Å². The molecule has 4 rings (SSSR count). The SMILES string of the molecule is Cc1ccc(OCc2nc3ccccc3n2CC(=O)NCc2cccs2)cc1. The first-order chi connectivity index (χ1) is 13.7. The van der Waals surface area contributed by atoms with E-state index in [0.29, 0.717) is 13.2 Å². The maximum absolute atomic E-state index is 12.5. The van der Waals surface area contributed by atoms with Crippen LogP contribution in [0.5, 0.6) is 5.75 Å². The monoisotopic (exact) mass is 391 g/mol. The number of fused-ring (bicyclic) bond motifs is 1. The van der Waals surface area contributed by atoms with Crippen LogP contribution in [-0.2, 0) is 24.5 Å². The van der Waals surface area contributed by atoms with E-state index in [1.54, 1.807) is 11.3 Å². The summed E-state index contributed by atoms with van der Waals surface area (Å²) in [5.74, 6) is 1.47. The number of aryl methyl sites for hydroxylation is 1. The van der Waals surface area contributed by atoms with Crippen LogP contribution in [0, 0.1) is 6.92 Å². The van der Waals surface area contributed by atoms with Crippen molar-refractivity contribution in [3.8, 4) is 5.75 Å². The van der Waals surface area contributed by atoms with E-state index in [4.69, 9.17) is 4.74 Å². The van der Waals surface area contributed by atoms with Gasteiger partial charge in [0.2, 0.25) is 5.91 Å². The normalized spacial score (nSPS) is 10.9. The van der Waals surface area contributed by atoms with Crippen molar-refractivity contribution in [1.29, 1.82) is 0 Å². The number of hydrogen-bond acceptors (Lipinski definition) is 4.